The van der Waals surface area contributed by atoms with Gasteiger partial charge in [0.2, 0.25) is 0 Å². The molecule has 0 aromatic heterocycles. The summed E-state index contributed by atoms with van der Waals surface area (Å²) >= 11 is 0. The fourth-order valence-corrected chi connectivity index (χ4v) is 1.11. The van der Waals surface area contributed by atoms with Gasteiger partial charge in [-0.25, -0.2) is 0 Å². The van der Waals surface area contributed by atoms with Gasteiger partial charge in [0.15, 0.2) is 0 Å². The molecule has 1 saturated heterocycles. The summed E-state index contributed by atoms with van der Waals surface area (Å²) in [5.74, 6) is 0. The minimum atomic E-state index is -0.0251. The molecule has 1 heterocycles. The van der Waals surface area contributed by atoms with Gasteiger partial charge in [0.05, 0.1) is 13.2 Å². The molecule has 1 aliphatic rings. The molecule has 0 aromatic carbocycles. The molecule has 0 aliphatic carbocycles. The Morgan fingerprint density at radius 2 is 2.08 bits per heavy atom. The molecule has 2 nitrogen and oxygen atoms in total. The molecule has 1 fully saturated rings. The maximum Gasteiger partial charge on any atom is 1.00 e. The van der Waals surface area contributed by atoms with E-state index in [0.717, 1.165) is 26.1 Å². The van der Waals surface area contributed by atoms with E-state index < -0.39 is 0 Å². The van der Waals surface area contributed by atoms with Crippen molar-refractivity contribution in [3.63, 3.8) is 0 Å². The molecule has 0 saturated carbocycles. The van der Waals surface area contributed by atoms with Gasteiger partial charge in [0.1, 0.15) is 6.29 Å². The summed E-state index contributed by atoms with van der Waals surface area (Å²) in [6, 6.07) is 0. The van der Waals surface area contributed by atoms with Crippen LogP contribution in [-0.4, -0.2) is 19.5 Å². The van der Waals surface area contributed by atoms with E-state index in [0.29, 0.717) is 0 Å². The van der Waals surface area contributed by atoms with Crippen molar-refractivity contribution in [1.82, 2.24) is 0 Å². The van der Waals surface area contributed by atoms with Crippen LogP contribution in [0.1, 0.15) is 32.6 Å². The van der Waals surface area contributed by atoms with Gasteiger partial charge in [-0.15, -0.1) is 6.42 Å². The Morgan fingerprint density at radius 1 is 1.38 bits per heavy atom. The molecule has 1 aliphatic heterocycles. The molecule has 3 heteroatoms. The Morgan fingerprint density at radius 3 is 2.69 bits per heavy atom. The van der Waals surface area contributed by atoms with Crippen molar-refractivity contribution in [2.45, 2.75) is 38.9 Å². The van der Waals surface area contributed by atoms with Crippen LogP contribution in [0.15, 0.2) is 6.08 Å². The first-order chi connectivity index (χ1) is 5.93. The third-order valence-corrected chi connectivity index (χ3v) is 1.82. The van der Waals surface area contributed by atoms with Crippen LogP contribution in [0.4, 0.5) is 0 Å². The van der Waals surface area contributed by atoms with E-state index in [1.807, 2.05) is 0 Å². The smallest absolute Gasteiger partial charge is 0.496 e. The zero-order valence-electron chi connectivity index (χ0n) is 8.02. The fraction of sp³-hybridized carbons (Fsp3) is 0.800. The quantitative estimate of drug-likeness (QED) is 0.412. The van der Waals surface area contributed by atoms with Crippen LogP contribution in [-0.2, 0) is 26.5 Å². The minimum Gasteiger partial charge on any atom is -0.496 e. The molecule has 0 atom stereocenters. The van der Waals surface area contributed by atoms with Crippen LogP contribution < -0.4 is 0 Å². The van der Waals surface area contributed by atoms with Crippen LogP contribution in [0.25, 0.3) is 0 Å². The first-order valence-electron chi connectivity index (χ1n) is 4.71. The first-order valence-corrected chi connectivity index (χ1v) is 4.71. The minimum absolute atomic E-state index is 0. The zero-order valence-corrected chi connectivity index (χ0v) is 8.96. The maximum absolute atomic E-state index is 5.25. The van der Waals surface area contributed by atoms with Crippen molar-refractivity contribution in [2.24, 2.45) is 0 Å². The van der Waals surface area contributed by atoms with Gasteiger partial charge in [0, 0.05) is 0 Å². The Labute approximate surface area is 91.2 Å². The standard InChI is InChI=1S/C10H17O2.Cu/c1-2-3-4-5-6-7-10-11-8-9-12-10;/h5,10H,2-4,7-9H2,1H3;/q-1;+1. The number of unbranched alkanes of at least 4 members (excludes halogenated alkanes) is 2. The van der Waals surface area contributed by atoms with Crippen LogP contribution in [0.2, 0.25) is 0 Å². The molecular weight excluding hydrogens is 216 g/mol. The Bertz CT molecular complexity index is 131. The summed E-state index contributed by atoms with van der Waals surface area (Å²) in [4.78, 5) is 0. The van der Waals surface area contributed by atoms with Gasteiger partial charge in [-0.2, -0.15) is 0 Å². The van der Waals surface area contributed by atoms with Crippen LogP contribution in [0, 0.1) is 6.08 Å². The second-order valence-electron chi connectivity index (χ2n) is 2.93. The van der Waals surface area contributed by atoms with Crippen LogP contribution >= 0.6 is 0 Å². The molecular formula is C10H17CuO2. The van der Waals surface area contributed by atoms with Gasteiger partial charge >= 0.3 is 17.1 Å². The second-order valence-corrected chi connectivity index (χ2v) is 2.93. The number of ether oxygens (including phenoxy) is 2. The second kappa shape index (κ2) is 8.76. The monoisotopic (exact) mass is 232 g/mol. The normalized spacial score (nSPS) is 17.9. The van der Waals surface area contributed by atoms with Gasteiger partial charge in [0.25, 0.3) is 0 Å². The fourth-order valence-electron chi connectivity index (χ4n) is 1.11. The Hall–Kier alpha value is 0.179. The SMILES string of the molecule is CCCCC=[C-]CC1OCCO1.[Cu+]. The van der Waals surface area contributed by atoms with Crippen molar-refractivity contribution < 1.29 is 26.5 Å². The summed E-state index contributed by atoms with van der Waals surface area (Å²) in [5.41, 5.74) is 0. The van der Waals surface area contributed by atoms with Crippen LogP contribution in [0.5, 0.6) is 0 Å². The van der Waals surface area contributed by atoms with Gasteiger partial charge in [-0.1, -0.05) is 26.2 Å². The van der Waals surface area contributed by atoms with Crippen molar-refractivity contribution in [3.05, 3.63) is 12.2 Å². The molecule has 0 amide bonds. The molecule has 0 aromatic rings. The van der Waals surface area contributed by atoms with Gasteiger partial charge in [-0.05, 0) is 0 Å². The molecule has 0 N–H and O–H groups in total. The molecule has 0 bridgehead atoms. The molecule has 13 heavy (non-hydrogen) atoms. The van der Waals surface area contributed by atoms with E-state index in [1.54, 1.807) is 0 Å². The van der Waals surface area contributed by atoms with E-state index in [1.165, 1.54) is 12.8 Å². The van der Waals surface area contributed by atoms with E-state index in [-0.39, 0.29) is 23.4 Å². The zero-order chi connectivity index (χ0) is 8.65. The van der Waals surface area contributed by atoms with E-state index >= 15 is 0 Å². The van der Waals surface area contributed by atoms with Crippen molar-refractivity contribution >= 4 is 0 Å². The molecule has 0 spiro atoms. The molecule has 0 unspecified atom stereocenters. The Balaban J connectivity index is 0.00000144. The third kappa shape index (κ3) is 6.28. The summed E-state index contributed by atoms with van der Waals surface area (Å²) in [7, 11) is 0. The van der Waals surface area contributed by atoms with Crippen LogP contribution in [0.3, 0.4) is 0 Å². The van der Waals surface area contributed by atoms with Gasteiger partial charge < -0.3 is 15.5 Å². The number of hydrogen-bond donors (Lipinski definition) is 0. The Kier molecular flexibility index (Phi) is 8.88. The summed E-state index contributed by atoms with van der Waals surface area (Å²) in [6.45, 7) is 3.67. The number of hydrogen-bond acceptors (Lipinski definition) is 2. The average Bonchev–Trinajstić information content (AvgIpc) is 2.57. The summed E-state index contributed by atoms with van der Waals surface area (Å²) in [6.07, 6.45) is 9.66. The largest absolute Gasteiger partial charge is 1.00 e. The van der Waals surface area contributed by atoms with E-state index in [4.69, 9.17) is 9.47 Å². The molecule has 1 rings (SSSR count). The first kappa shape index (κ1) is 13.2. The molecule has 0 radical (unpaired) electrons. The predicted molar refractivity (Wildman–Crippen MR) is 47.6 cm³/mol. The third-order valence-electron chi connectivity index (χ3n) is 1.82. The average molecular weight is 233 g/mol. The summed E-state index contributed by atoms with van der Waals surface area (Å²) < 4.78 is 10.5. The van der Waals surface area contributed by atoms with Crippen molar-refractivity contribution in [3.8, 4) is 0 Å². The van der Waals surface area contributed by atoms with E-state index in [2.05, 4.69) is 19.1 Å². The van der Waals surface area contributed by atoms with Crippen molar-refractivity contribution in [1.29, 1.82) is 0 Å². The number of rotatable bonds is 5. The summed E-state index contributed by atoms with van der Waals surface area (Å²) in [5, 5.41) is 0. The number of allylic oxidation sites excluding steroid dienone is 1. The van der Waals surface area contributed by atoms with Crippen molar-refractivity contribution in [2.75, 3.05) is 13.2 Å². The van der Waals surface area contributed by atoms with Gasteiger partial charge in [-0.3, -0.25) is 6.08 Å². The maximum atomic E-state index is 5.25. The predicted octanol–water partition coefficient (Wildman–Crippen LogP) is 2.30. The van der Waals surface area contributed by atoms with E-state index in [9.17, 15) is 0 Å². The molecule has 80 valence electrons. The topological polar surface area (TPSA) is 18.5 Å².